The number of anilines is 1. The molecule has 0 aliphatic rings. The fourth-order valence-electron chi connectivity index (χ4n) is 2.84. The highest BCUT2D eigenvalue weighted by Crippen LogP contribution is 2.23. The summed E-state index contributed by atoms with van der Waals surface area (Å²) in [7, 11) is 1.59. The molecule has 0 aliphatic carbocycles. The highest BCUT2D eigenvalue weighted by atomic mass is 16.5. The van der Waals surface area contributed by atoms with Crippen molar-refractivity contribution in [3.8, 4) is 5.75 Å². The van der Waals surface area contributed by atoms with Gasteiger partial charge >= 0.3 is 0 Å². The van der Waals surface area contributed by atoms with Gasteiger partial charge < -0.3 is 10.1 Å². The first kappa shape index (κ1) is 19.6. The summed E-state index contributed by atoms with van der Waals surface area (Å²) < 4.78 is 5.33. The molecule has 144 valence electrons. The minimum Gasteiger partial charge on any atom is -0.495 e. The Morgan fingerprint density at radius 2 is 1.29 bits per heavy atom. The maximum absolute atomic E-state index is 12.9. The number of hydrogen-bond acceptors (Lipinski definition) is 4. The Balaban J connectivity index is 1.69. The molecule has 3 aromatic rings. The zero-order valence-corrected chi connectivity index (χ0v) is 15.9. The Bertz CT molecular complexity index is 826. The van der Waals surface area contributed by atoms with E-state index in [1.807, 2.05) is 84.9 Å². The van der Waals surface area contributed by atoms with Crippen molar-refractivity contribution in [2.75, 3.05) is 12.4 Å². The van der Waals surface area contributed by atoms with Crippen LogP contribution in [0.4, 0.5) is 5.69 Å². The van der Waals surface area contributed by atoms with Crippen LogP contribution in [-0.4, -0.2) is 19.2 Å². The second-order valence-corrected chi connectivity index (χ2v) is 6.36. The number of ether oxygens (including phenoxy) is 1. The molecule has 0 radical (unpaired) electrons. The van der Waals surface area contributed by atoms with Gasteiger partial charge in [-0.25, -0.2) is 0 Å². The summed E-state index contributed by atoms with van der Waals surface area (Å²) in [5.74, 6) is 0.456. The van der Waals surface area contributed by atoms with E-state index in [9.17, 15) is 4.79 Å². The molecular formula is C23H25N3O2. The molecule has 0 bridgehead atoms. The Morgan fingerprint density at radius 1 is 0.786 bits per heavy atom. The maximum Gasteiger partial charge on any atom is 0.256 e. The van der Waals surface area contributed by atoms with Crippen molar-refractivity contribution in [3.05, 3.63) is 96.1 Å². The first-order valence-electron chi connectivity index (χ1n) is 9.25. The molecule has 0 aliphatic heterocycles. The van der Waals surface area contributed by atoms with Crippen molar-refractivity contribution >= 4 is 11.6 Å². The smallest absolute Gasteiger partial charge is 0.256 e. The molecule has 0 spiro atoms. The van der Waals surface area contributed by atoms with Crippen LogP contribution in [0, 0.1) is 0 Å². The Morgan fingerprint density at radius 3 is 1.82 bits per heavy atom. The average Bonchev–Trinajstić information content (AvgIpc) is 2.75. The molecule has 0 saturated heterocycles. The monoisotopic (exact) mass is 375 g/mol. The molecule has 3 rings (SSSR count). The van der Waals surface area contributed by atoms with Crippen molar-refractivity contribution in [1.82, 2.24) is 10.6 Å². The number of carbonyl (C=O) groups is 1. The summed E-state index contributed by atoms with van der Waals surface area (Å²) in [5.41, 5.74) is 2.86. The summed E-state index contributed by atoms with van der Waals surface area (Å²) in [4.78, 5) is 12.9. The number of rotatable bonds is 9. The quantitative estimate of drug-likeness (QED) is 0.501. The minimum atomic E-state index is -0.565. The zero-order chi connectivity index (χ0) is 19.6. The van der Waals surface area contributed by atoms with Crippen molar-refractivity contribution in [2.24, 2.45) is 0 Å². The fourth-order valence-corrected chi connectivity index (χ4v) is 2.84. The number of carbonyl (C=O) groups excluding carboxylic acids is 1. The van der Waals surface area contributed by atoms with Gasteiger partial charge in [0, 0.05) is 13.1 Å². The van der Waals surface area contributed by atoms with Gasteiger partial charge in [0.1, 0.15) is 11.9 Å². The second-order valence-electron chi connectivity index (χ2n) is 6.36. The molecule has 0 unspecified atom stereocenters. The van der Waals surface area contributed by atoms with E-state index in [0.29, 0.717) is 24.5 Å². The van der Waals surface area contributed by atoms with E-state index in [-0.39, 0.29) is 5.91 Å². The second kappa shape index (κ2) is 10.3. The summed E-state index contributed by atoms with van der Waals surface area (Å²) in [6, 6.07) is 27.4. The van der Waals surface area contributed by atoms with Gasteiger partial charge in [0.2, 0.25) is 0 Å². The molecule has 5 heteroatoms. The van der Waals surface area contributed by atoms with E-state index in [1.54, 1.807) is 7.11 Å². The highest BCUT2D eigenvalue weighted by Gasteiger charge is 2.19. The Hall–Kier alpha value is -3.15. The predicted molar refractivity (Wildman–Crippen MR) is 112 cm³/mol. The number of benzene rings is 3. The molecular weight excluding hydrogens is 350 g/mol. The van der Waals surface area contributed by atoms with Crippen LogP contribution in [0.2, 0.25) is 0 Å². The van der Waals surface area contributed by atoms with Crippen molar-refractivity contribution in [1.29, 1.82) is 0 Å². The number of nitrogens with one attached hydrogen (secondary N) is 3. The molecule has 5 nitrogen and oxygen atoms in total. The molecule has 0 saturated carbocycles. The van der Waals surface area contributed by atoms with Crippen LogP contribution in [-0.2, 0) is 17.9 Å². The maximum atomic E-state index is 12.9. The molecule has 3 N–H and O–H groups in total. The largest absolute Gasteiger partial charge is 0.495 e. The number of amides is 1. The van der Waals surface area contributed by atoms with Gasteiger partial charge in [0.25, 0.3) is 5.91 Å². The molecule has 0 fully saturated rings. The molecule has 3 aromatic carbocycles. The Labute approximate surface area is 165 Å². The topological polar surface area (TPSA) is 62.4 Å². The van der Waals surface area contributed by atoms with Crippen LogP contribution in [0.25, 0.3) is 0 Å². The normalized spacial score (nSPS) is 10.6. The molecule has 0 aromatic heterocycles. The summed E-state index contributed by atoms with van der Waals surface area (Å²) >= 11 is 0. The van der Waals surface area contributed by atoms with Gasteiger partial charge in [-0.2, -0.15) is 0 Å². The van der Waals surface area contributed by atoms with Crippen molar-refractivity contribution in [2.45, 2.75) is 19.3 Å². The van der Waals surface area contributed by atoms with E-state index in [2.05, 4.69) is 16.0 Å². The lowest BCUT2D eigenvalue weighted by Crippen LogP contribution is -2.50. The first-order valence-corrected chi connectivity index (χ1v) is 9.25. The van der Waals surface area contributed by atoms with Crippen LogP contribution >= 0.6 is 0 Å². The van der Waals surface area contributed by atoms with Gasteiger partial charge in [-0.3, -0.25) is 15.4 Å². The lowest BCUT2D eigenvalue weighted by molar-refractivity contribution is -0.119. The van der Waals surface area contributed by atoms with Gasteiger partial charge in [0.05, 0.1) is 12.8 Å². The third-order valence-corrected chi connectivity index (χ3v) is 4.33. The third kappa shape index (κ3) is 5.67. The molecule has 1 amide bonds. The van der Waals surface area contributed by atoms with Gasteiger partial charge in [-0.15, -0.1) is 0 Å². The van der Waals surface area contributed by atoms with E-state index in [4.69, 9.17) is 4.74 Å². The Kier molecular flexibility index (Phi) is 7.18. The standard InChI is InChI=1S/C23H25N3O2/c1-28-21-15-9-8-14-20(21)26-23(27)22(24-16-18-10-4-2-5-11-18)25-17-19-12-6-3-7-13-19/h2-15,22,24-25H,16-17H2,1H3,(H,26,27). The van der Waals surface area contributed by atoms with Crippen LogP contribution in [0.15, 0.2) is 84.9 Å². The predicted octanol–water partition coefficient (Wildman–Crippen LogP) is 3.54. The number of hydrogen-bond donors (Lipinski definition) is 3. The molecule has 0 heterocycles. The summed E-state index contributed by atoms with van der Waals surface area (Å²) in [6.07, 6.45) is -0.565. The van der Waals surface area contributed by atoms with Crippen LogP contribution in [0.3, 0.4) is 0 Å². The van der Waals surface area contributed by atoms with E-state index < -0.39 is 6.17 Å². The van der Waals surface area contributed by atoms with Crippen molar-refractivity contribution < 1.29 is 9.53 Å². The summed E-state index contributed by atoms with van der Waals surface area (Å²) in [6.45, 7) is 1.15. The minimum absolute atomic E-state index is 0.170. The first-order chi connectivity index (χ1) is 13.8. The van der Waals surface area contributed by atoms with Crippen LogP contribution in [0.5, 0.6) is 5.75 Å². The SMILES string of the molecule is COc1ccccc1NC(=O)C(NCc1ccccc1)NCc1ccccc1. The number of methoxy groups -OCH3 is 1. The van der Waals surface area contributed by atoms with Crippen molar-refractivity contribution in [3.63, 3.8) is 0 Å². The lowest BCUT2D eigenvalue weighted by Gasteiger charge is -2.21. The number of para-hydroxylation sites is 2. The van der Waals surface area contributed by atoms with Gasteiger partial charge in [-0.05, 0) is 23.3 Å². The zero-order valence-electron chi connectivity index (χ0n) is 15.9. The van der Waals surface area contributed by atoms with Gasteiger partial charge in [-0.1, -0.05) is 72.8 Å². The van der Waals surface area contributed by atoms with Crippen LogP contribution in [0.1, 0.15) is 11.1 Å². The van der Waals surface area contributed by atoms with Crippen LogP contribution < -0.4 is 20.7 Å². The van der Waals surface area contributed by atoms with E-state index >= 15 is 0 Å². The van der Waals surface area contributed by atoms with Gasteiger partial charge in [0.15, 0.2) is 0 Å². The summed E-state index contributed by atoms with van der Waals surface area (Å²) in [5, 5.41) is 9.54. The lowest BCUT2D eigenvalue weighted by atomic mass is 10.2. The highest BCUT2D eigenvalue weighted by molar-refractivity contribution is 5.95. The molecule has 0 atom stereocenters. The fraction of sp³-hybridized carbons (Fsp3) is 0.174. The van der Waals surface area contributed by atoms with E-state index in [1.165, 1.54) is 0 Å². The average molecular weight is 375 g/mol. The molecule has 28 heavy (non-hydrogen) atoms. The van der Waals surface area contributed by atoms with E-state index in [0.717, 1.165) is 11.1 Å². The third-order valence-electron chi connectivity index (χ3n) is 4.33.